The first kappa shape index (κ1) is 22.3. The van der Waals surface area contributed by atoms with Crippen LogP contribution in [0.15, 0.2) is 53.0 Å². The molecular formula is C25H31BrN2O3. The maximum atomic E-state index is 13.2. The third-order valence-electron chi connectivity index (χ3n) is 6.32. The van der Waals surface area contributed by atoms with Gasteiger partial charge in [-0.05, 0) is 49.9 Å². The van der Waals surface area contributed by atoms with Gasteiger partial charge in [-0.25, -0.2) is 0 Å². The van der Waals surface area contributed by atoms with Crippen LogP contribution in [-0.4, -0.2) is 61.6 Å². The Kier molecular flexibility index (Phi) is 8.00. The minimum atomic E-state index is 0.0781. The number of morpholine rings is 1. The highest BCUT2D eigenvalue weighted by Gasteiger charge is 2.26. The van der Waals surface area contributed by atoms with Gasteiger partial charge >= 0.3 is 0 Å². The van der Waals surface area contributed by atoms with Gasteiger partial charge in [-0.3, -0.25) is 9.69 Å². The van der Waals surface area contributed by atoms with E-state index in [4.69, 9.17) is 9.47 Å². The monoisotopic (exact) mass is 486 g/mol. The molecule has 0 radical (unpaired) electrons. The van der Waals surface area contributed by atoms with E-state index in [-0.39, 0.29) is 5.91 Å². The lowest BCUT2D eigenvalue weighted by molar-refractivity contribution is 0.0332. The first-order chi connectivity index (χ1) is 15.2. The van der Waals surface area contributed by atoms with Crippen LogP contribution in [0, 0.1) is 5.92 Å². The van der Waals surface area contributed by atoms with Gasteiger partial charge in [0.05, 0.1) is 18.8 Å². The van der Waals surface area contributed by atoms with Crippen LogP contribution in [0.1, 0.15) is 35.2 Å². The number of rotatable bonds is 7. The topological polar surface area (TPSA) is 42.0 Å². The van der Waals surface area contributed by atoms with Gasteiger partial charge in [-0.1, -0.05) is 46.3 Å². The van der Waals surface area contributed by atoms with Crippen LogP contribution in [0.2, 0.25) is 0 Å². The summed E-state index contributed by atoms with van der Waals surface area (Å²) in [6.07, 6.45) is 3.37. The molecule has 6 heteroatoms. The molecule has 0 N–H and O–H groups in total. The van der Waals surface area contributed by atoms with Crippen LogP contribution < -0.4 is 4.74 Å². The Labute approximate surface area is 193 Å². The van der Waals surface area contributed by atoms with Gasteiger partial charge in [-0.2, -0.15) is 0 Å². The smallest absolute Gasteiger partial charge is 0.257 e. The third-order valence-corrected chi connectivity index (χ3v) is 7.09. The van der Waals surface area contributed by atoms with Crippen LogP contribution in [0.25, 0.3) is 0 Å². The van der Waals surface area contributed by atoms with E-state index in [1.165, 1.54) is 6.42 Å². The van der Waals surface area contributed by atoms with Crippen molar-refractivity contribution in [3.8, 4) is 5.75 Å². The number of carbonyl (C=O) groups excluding carboxylic acids is 1. The second-order valence-electron chi connectivity index (χ2n) is 8.35. The van der Waals surface area contributed by atoms with Gasteiger partial charge in [0.2, 0.25) is 0 Å². The van der Waals surface area contributed by atoms with E-state index >= 15 is 0 Å². The van der Waals surface area contributed by atoms with Crippen molar-refractivity contribution < 1.29 is 14.3 Å². The Hall–Kier alpha value is -1.89. The van der Waals surface area contributed by atoms with Gasteiger partial charge in [-0.15, -0.1) is 0 Å². The summed E-state index contributed by atoms with van der Waals surface area (Å²) < 4.78 is 12.5. The summed E-state index contributed by atoms with van der Waals surface area (Å²) in [5.74, 6) is 1.43. The van der Waals surface area contributed by atoms with Gasteiger partial charge in [0.1, 0.15) is 12.4 Å². The summed E-state index contributed by atoms with van der Waals surface area (Å²) >= 11 is 3.56. The van der Waals surface area contributed by atoms with E-state index in [0.29, 0.717) is 23.8 Å². The molecule has 2 aromatic rings. The number of ether oxygens (including phenoxy) is 2. The molecule has 0 spiro atoms. The summed E-state index contributed by atoms with van der Waals surface area (Å²) in [4.78, 5) is 17.7. The van der Waals surface area contributed by atoms with Gasteiger partial charge < -0.3 is 14.4 Å². The summed E-state index contributed by atoms with van der Waals surface area (Å²) in [5, 5.41) is 0. The minimum absolute atomic E-state index is 0.0781. The molecule has 2 aliphatic rings. The second kappa shape index (κ2) is 11.1. The van der Waals surface area contributed by atoms with Crippen LogP contribution in [-0.2, 0) is 11.3 Å². The van der Waals surface area contributed by atoms with Crippen molar-refractivity contribution in [2.75, 3.05) is 45.9 Å². The zero-order chi connectivity index (χ0) is 21.5. The largest absolute Gasteiger partial charge is 0.488 e. The zero-order valence-electron chi connectivity index (χ0n) is 18.0. The van der Waals surface area contributed by atoms with E-state index < -0.39 is 0 Å². The van der Waals surface area contributed by atoms with E-state index in [2.05, 4.69) is 20.8 Å². The highest BCUT2D eigenvalue weighted by Crippen LogP contribution is 2.27. The number of nitrogens with zero attached hydrogens (tertiary/aromatic N) is 2. The van der Waals surface area contributed by atoms with Gasteiger partial charge in [0.15, 0.2) is 0 Å². The number of benzene rings is 2. The van der Waals surface area contributed by atoms with E-state index in [0.717, 1.165) is 68.8 Å². The summed E-state index contributed by atoms with van der Waals surface area (Å²) in [7, 11) is 0. The predicted molar refractivity (Wildman–Crippen MR) is 125 cm³/mol. The predicted octanol–water partition coefficient (Wildman–Crippen LogP) is 4.60. The van der Waals surface area contributed by atoms with Crippen molar-refractivity contribution >= 4 is 21.8 Å². The molecule has 0 aliphatic carbocycles. The summed E-state index contributed by atoms with van der Waals surface area (Å²) in [6.45, 7) is 7.03. The maximum absolute atomic E-state index is 13.2. The Morgan fingerprint density at radius 2 is 1.71 bits per heavy atom. The van der Waals surface area contributed by atoms with Gasteiger partial charge in [0.25, 0.3) is 5.91 Å². The molecule has 0 bridgehead atoms. The van der Waals surface area contributed by atoms with Crippen molar-refractivity contribution in [3.63, 3.8) is 0 Å². The minimum Gasteiger partial charge on any atom is -0.488 e. The SMILES string of the molecule is O=C(c1ccccc1OCc1ccccc1Br)N1CCC(CCN2CCOCC2)CC1. The molecule has 2 heterocycles. The molecule has 2 aromatic carbocycles. The number of likely N-dealkylation sites (tertiary alicyclic amines) is 1. The second-order valence-corrected chi connectivity index (χ2v) is 9.21. The Bertz CT molecular complexity index is 861. The number of carbonyl (C=O) groups is 1. The normalized spacial score (nSPS) is 18.2. The first-order valence-corrected chi connectivity index (χ1v) is 12.0. The van der Waals surface area contributed by atoms with Crippen LogP contribution in [0.3, 0.4) is 0 Å². The third kappa shape index (κ3) is 6.09. The molecule has 4 rings (SSSR count). The summed E-state index contributed by atoms with van der Waals surface area (Å²) in [5.41, 5.74) is 1.71. The average Bonchev–Trinajstić information content (AvgIpc) is 2.83. The molecule has 0 atom stereocenters. The molecule has 2 saturated heterocycles. The number of hydrogen-bond donors (Lipinski definition) is 0. The number of amides is 1. The summed E-state index contributed by atoms with van der Waals surface area (Å²) in [6, 6.07) is 15.6. The quantitative estimate of drug-likeness (QED) is 0.573. The van der Waals surface area contributed by atoms with Crippen molar-refractivity contribution in [1.29, 1.82) is 0 Å². The van der Waals surface area contributed by atoms with Gasteiger partial charge in [0, 0.05) is 36.2 Å². The first-order valence-electron chi connectivity index (χ1n) is 11.3. The lowest BCUT2D eigenvalue weighted by Crippen LogP contribution is -2.41. The molecular weight excluding hydrogens is 456 g/mol. The fourth-order valence-electron chi connectivity index (χ4n) is 4.33. The molecule has 0 unspecified atom stereocenters. The van der Waals surface area contributed by atoms with E-state index in [9.17, 15) is 4.79 Å². The maximum Gasteiger partial charge on any atom is 0.257 e. The molecule has 0 saturated carbocycles. The number of hydrogen-bond acceptors (Lipinski definition) is 4. The van der Waals surface area contributed by atoms with Crippen molar-refractivity contribution in [2.24, 2.45) is 5.92 Å². The fourth-order valence-corrected chi connectivity index (χ4v) is 4.72. The lowest BCUT2D eigenvalue weighted by Gasteiger charge is -2.34. The Morgan fingerprint density at radius 3 is 2.48 bits per heavy atom. The van der Waals surface area contributed by atoms with Crippen LogP contribution >= 0.6 is 15.9 Å². The fraction of sp³-hybridized carbons (Fsp3) is 0.480. The molecule has 0 aromatic heterocycles. The average molecular weight is 487 g/mol. The Morgan fingerprint density at radius 1 is 1.00 bits per heavy atom. The lowest BCUT2D eigenvalue weighted by atomic mass is 9.93. The highest BCUT2D eigenvalue weighted by atomic mass is 79.9. The molecule has 166 valence electrons. The van der Waals surface area contributed by atoms with Crippen molar-refractivity contribution in [1.82, 2.24) is 9.80 Å². The molecule has 1 amide bonds. The van der Waals surface area contributed by atoms with E-state index in [1.807, 2.05) is 53.4 Å². The number of piperidine rings is 1. The Balaban J connectivity index is 1.30. The zero-order valence-corrected chi connectivity index (χ0v) is 19.6. The van der Waals surface area contributed by atoms with E-state index in [1.54, 1.807) is 0 Å². The highest BCUT2D eigenvalue weighted by molar-refractivity contribution is 9.10. The van der Waals surface area contributed by atoms with Crippen molar-refractivity contribution in [2.45, 2.75) is 25.9 Å². The number of halogens is 1. The molecule has 5 nitrogen and oxygen atoms in total. The number of para-hydroxylation sites is 1. The van der Waals surface area contributed by atoms with Crippen LogP contribution in [0.5, 0.6) is 5.75 Å². The van der Waals surface area contributed by atoms with Crippen LogP contribution in [0.4, 0.5) is 0 Å². The molecule has 31 heavy (non-hydrogen) atoms. The van der Waals surface area contributed by atoms with Crippen molar-refractivity contribution in [3.05, 3.63) is 64.1 Å². The molecule has 2 fully saturated rings. The standard InChI is InChI=1S/C25H31BrN2O3/c26-23-7-3-1-5-21(23)19-31-24-8-4-2-6-22(24)25(29)28-13-10-20(11-14-28)9-12-27-15-17-30-18-16-27/h1-8,20H,9-19H2. The molecule has 2 aliphatic heterocycles.